The summed E-state index contributed by atoms with van der Waals surface area (Å²) in [5, 5.41) is 21.9. The van der Waals surface area contributed by atoms with Gasteiger partial charge in [0.1, 0.15) is 11.6 Å². The summed E-state index contributed by atoms with van der Waals surface area (Å²) in [6.45, 7) is 2.08. The molecule has 0 saturated heterocycles. The summed E-state index contributed by atoms with van der Waals surface area (Å²) in [5.74, 6) is -1.24. The number of benzene rings is 2. The van der Waals surface area contributed by atoms with Crippen LogP contribution in [0.5, 0.6) is 5.75 Å². The Labute approximate surface area is 149 Å². The largest absolute Gasteiger partial charge is 0.508 e. The number of aromatic hydroxyl groups is 1. The number of carboxylic acids is 1. The number of nitrogens with zero attached hydrogens (tertiary/aromatic N) is 1. The number of phenolic OH excluding ortho intramolecular Hbond substituents is 1. The number of aromatic nitrogens is 1. The molecule has 0 aliphatic carbocycles. The number of aryl methyl sites for hydroxylation is 1. The zero-order valence-corrected chi connectivity index (χ0v) is 14.0. The molecule has 0 aliphatic rings. The van der Waals surface area contributed by atoms with Crippen LogP contribution in [-0.4, -0.2) is 21.2 Å². The number of rotatable bonds is 5. The highest BCUT2D eigenvalue weighted by molar-refractivity contribution is 5.89. The average Bonchev–Trinajstić information content (AvgIpc) is 2.61. The highest BCUT2D eigenvalue weighted by Crippen LogP contribution is 2.23. The van der Waals surface area contributed by atoms with Crippen LogP contribution in [0.4, 0.5) is 10.1 Å². The predicted octanol–water partition coefficient (Wildman–Crippen LogP) is 4.21. The molecule has 2 aromatic carbocycles. The van der Waals surface area contributed by atoms with E-state index in [1.165, 1.54) is 36.4 Å². The van der Waals surface area contributed by atoms with Gasteiger partial charge in [-0.05, 0) is 67.1 Å². The van der Waals surface area contributed by atoms with Gasteiger partial charge in [0.25, 0.3) is 0 Å². The van der Waals surface area contributed by atoms with E-state index < -0.39 is 5.97 Å². The van der Waals surface area contributed by atoms with Crippen molar-refractivity contribution < 1.29 is 19.4 Å². The smallest absolute Gasteiger partial charge is 0.335 e. The minimum absolute atomic E-state index is 0.121. The van der Waals surface area contributed by atoms with E-state index in [4.69, 9.17) is 0 Å². The molecule has 1 aromatic heterocycles. The van der Waals surface area contributed by atoms with Crippen LogP contribution in [0.25, 0.3) is 11.3 Å². The van der Waals surface area contributed by atoms with Crippen molar-refractivity contribution in [3.05, 3.63) is 77.2 Å². The fraction of sp³-hybridized carbons (Fsp3) is 0.100. The molecule has 0 radical (unpaired) electrons. The number of anilines is 1. The maximum Gasteiger partial charge on any atom is 0.335 e. The first kappa shape index (κ1) is 17.4. The number of pyridine rings is 1. The number of nitrogens with one attached hydrogen (secondary N) is 1. The highest BCUT2D eigenvalue weighted by atomic mass is 19.1. The number of hydrogen-bond donors (Lipinski definition) is 3. The predicted molar refractivity (Wildman–Crippen MR) is 96.8 cm³/mol. The Balaban J connectivity index is 1.90. The van der Waals surface area contributed by atoms with Crippen molar-refractivity contribution in [1.82, 2.24) is 4.98 Å². The summed E-state index contributed by atoms with van der Waals surface area (Å²) >= 11 is 0. The lowest BCUT2D eigenvalue weighted by molar-refractivity contribution is 0.0696. The number of carbonyl (C=O) groups is 1. The standard InChI is InChI=1S/C20H17FN2O3/c1-12-8-15(21)4-7-18(12)22-11-16-9-14(20(25)26)10-19(23-16)13-2-5-17(24)6-3-13/h2-10,22,24H,11H2,1H3,(H,25,26). The van der Waals surface area contributed by atoms with Crippen molar-refractivity contribution in [2.24, 2.45) is 0 Å². The highest BCUT2D eigenvalue weighted by Gasteiger charge is 2.11. The molecule has 0 unspecified atom stereocenters. The van der Waals surface area contributed by atoms with E-state index in [9.17, 15) is 19.4 Å². The van der Waals surface area contributed by atoms with Gasteiger partial charge in [0.2, 0.25) is 0 Å². The van der Waals surface area contributed by atoms with E-state index in [1.54, 1.807) is 25.1 Å². The van der Waals surface area contributed by atoms with Gasteiger partial charge in [-0.2, -0.15) is 0 Å². The van der Waals surface area contributed by atoms with E-state index >= 15 is 0 Å². The van der Waals surface area contributed by atoms with E-state index in [0.717, 1.165) is 11.3 Å². The molecule has 3 aromatic rings. The summed E-state index contributed by atoms with van der Waals surface area (Å²) in [5.41, 5.74) is 3.35. The average molecular weight is 352 g/mol. The lowest BCUT2D eigenvalue weighted by Gasteiger charge is -2.11. The summed E-state index contributed by atoms with van der Waals surface area (Å²) < 4.78 is 13.2. The molecule has 5 nitrogen and oxygen atoms in total. The molecule has 1 heterocycles. The monoisotopic (exact) mass is 352 g/mol. The molecule has 0 spiro atoms. The van der Waals surface area contributed by atoms with Gasteiger partial charge in [-0.3, -0.25) is 4.98 Å². The maximum absolute atomic E-state index is 13.2. The molecule has 0 aliphatic heterocycles. The van der Waals surface area contributed by atoms with Crippen molar-refractivity contribution in [2.45, 2.75) is 13.5 Å². The van der Waals surface area contributed by atoms with Gasteiger partial charge in [0.05, 0.1) is 23.5 Å². The van der Waals surface area contributed by atoms with Crippen LogP contribution in [0.2, 0.25) is 0 Å². The quantitative estimate of drug-likeness (QED) is 0.641. The van der Waals surface area contributed by atoms with Gasteiger partial charge in [-0.15, -0.1) is 0 Å². The van der Waals surface area contributed by atoms with Crippen LogP contribution in [0.3, 0.4) is 0 Å². The molecule has 0 bridgehead atoms. The second-order valence-electron chi connectivity index (χ2n) is 5.90. The Bertz CT molecular complexity index is 956. The van der Waals surface area contributed by atoms with Crippen LogP contribution in [0, 0.1) is 12.7 Å². The SMILES string of the molecule is Cc1cc(F)ccc1NCc1cc(C(=O)O)cc(-c2ccc(O)cc2)n1. The lowest BCUT2D eigenvalue weighted by atomic mass is 10.1. The molecule has 132 valence electrons. The zero-order valence-electron chi connectivity index (χ0n) is 14.0. The van der Waals surface area contributed by atoms with E-state index in [-0.39, 0.29) is 17.1 Å². The number of carboxylic acid groups (broad SMARTS) is 1. The first-order chi connectivity index (χ1) is 12.4. The van der Waals surface area contributed by atoms with Crippen molar-refractivity contribution in [2.75, 3.05) is 5.32 Å². The Morgan fingerprint density at radius 1 is 1.12 bits per heavy atom. The Hall–Kier alpha value is -3.41. The second kappa shape index (κ2) is 7.23. The lowest BCUT2D eigenvalue weighted by Crippen LogP contribution is -2.07. The number of aromatic carboxylic acids is 1. The molecule has 0 saturated carbocycles. The van der Waals surface area contributed by atoms with Gasteiger partial charge in [0.15, 0.2) is 0 Å². The summed E-state index contributed by atoms with van der Waals surface area (Å²) in [6.07, 6.45) is 0. The molecule has 3 rings (SSSR count). The normalized spacial score (nSPS) is 10.5. The third-order valence-electron chi connectivity index (χ3n) is 3.94. The van der Waals surface area contributed by atoms with Crippen molar-refractivity contribution in [3.63, 3.8) is 0 Å². The molecule has 0 amide bonds. The molecule has 6 heteroatoms. The molecule has 0 atom stereocenters. The van der Waals surface area contributed by atoms with Gasteiger partial charge in [-0.25, -0.2) is 9.18 Å². The van der Waals surface area contributed by atoms with Crippen LogP contribution < -0.4 is 5.32 Å². The summed E-state index contributed by atoms with van der Waals surface area (Å²) in [6, 6.07) is 13.8. The maximum atomic E-state index is 13.2. The Kier molecular flexibility index (Phi) is 4.84. The Morgan fingerprint density at radius 2 is 1.85 bits per heavy atom. The second-order valence-corrected chi connectivity index (χ2v) is 5.90. The van der Waals surface area contributed by atoms with Gasteiger partial charge < -0.3 is 15.5 Å². The van der Waals surface area contributed by atoms with Crippen LogP contribution in [0.15, 0.2) is 54.6 Å². The van der Waals surface area contributed by atoms with Gasteiger partial charge >= 0.3 is 5.97 Å². The summed E-state index contributed by atoms with van der Waals surface area (Å²) in [7, 11) is 0. The third kappa shape index (κ3) is 3.97. The minimum atomic E-state index is -1.05. The van der Waals surface area contributed by atoms with E-state index in [2.05, 4.69) is 10.3 Å². The van der Waals surface area contributed by atoms with Crippen LogP contribution in [0.1, 0.15) is 21.6 Å². The molecule has 0 fully saturated rings. The van der Waals surface area contributed by atoms with Crippen molar-refractivity contribution >= 4 is 11.7 Å². The summed E-state index contributed by atoms with van der Waals surface area (Å²) in [4.78, 5) is 15.9. The van der Waals surface area contributed by atoms with Crippen molar-refractivity contribution in [1.29, 1.82) is 0 Å². The van der Waals surface area contributed by atoms with Crippen molar-refractivity contribution in [3.8, 4) is 17.0 Å². The first-order valence-corrected chi connectivity index (χ1v) is 7.96. The molecular formula is C20H17FN2O3. The van der Waals surface area contributed by atoms with Gasteiger partial charge in [-0.1, -0.05) is 0 Å². The number of hydrogen-bond acceptors (Lipinski definition) is 4. The minimum Gasteiger partial charge on any atom is -0.508 e. The fourth-order valence-corrected chi connectivity index (χ4v) is 2.59. The van der Waals surface area contributed by atoms with Crippen LogP contribution in [-0.2, 0) is 6.54 Å². The molecule has 3 N–H and O–H groups in total. The first-order valence-electron chi connectivity index (χ1n) is 7.96. The topological polar surface area (TPSA) is 82.5 Å². The van der Waals surface area contributed by atoms with E-state index in [1.807, 2.05) is 0 Å². The fourth-order valence-electron chi connectivity index (χ4n) is 2.59. The number of halogens is 1. The van der Waals surface area contributed by atoms with Gasteiger partial charge in [0, 0.05) is 11.3 Å². The van der Waals surface area contributed by atoms with E-state index in [0.29, 0.717) is 23.5 Å². The Morgan fingerprint density at radius 3 is 2.50 bits per heavy atom. The molecular weight excluding hydrogens is 335 g/mol. The third-order valence-corrected chi connectivity index (χ3v) is 3.94. The molecule has 26 heavy (non-hydrogen) atoms. The zero-order chi connectivity index (χ0) is 18.7. The van der Waals surface area contributed by atoms with Crippen LogP contribution >= 0.6 is 0 Å². The number of phenols is 1.